The van der Waals surface area contributed by atoms with Crippen molar-refractivity contribution in [3.63, 3.8) is 0 Å². The van der Waals surface area contributed by atoms with Crippen LogP contribution in [-0.4, -0.2) is 0 Å². The maximum absolute atomic E-state index is 2.35. The minimum Gasteiger partial charge on any atom is -0.0804 e. The lowest BCUT2D eigenvalue weighted by Crippen LogP contribution is -2.13. The number of allylic oxidation sites excluding steroid dienone is 3. The zero-order valence-corrected chi connectivity index (χ0v) is 14.4. The van der Waals surface area contributed by atoms with Gasteiger partial charge in [0.15, 0.2) is 0 Å². The van der Waals surface area contributed by atoms with E-state index in [0.717, 1.165) is 6.42 Å². The van der Waals surface area contributed by atoms with Crippen molar-refractivity contribution < 1.29 is 0 Å². The van der Waals surface area contributed by atoms with Crippen molar-refractivity contribution in [1.29, 1.82) is 0 Å². The molecular formula is C23H26. The minimum atomic E-state index is 0.222. The van der Waals surface area contributed by atoms with E-state index in [-0.39, 0.29) is 5.41 Å². The van der Waals surface area contributed by atoms with Crippen LogP contribution in [0.2, 0.25) is 0 Å². The zero-order chi connectivity index (χ0) is 16.3. The molecule has 0 bridgehead atoms. The molecule has 0 saturated heterocycles. The van der Waals surface area contributed by atoms with Crippen LogP contribution >= 0.6 is 0 Å². The van der Waals surface area contributed by atoms with E-state index in [1.165, 1.54) is 28.7 Å². The second-order valence-corrected chi connectivity index (χ2v) is 7.53. The molecule has 0 aromatic heterocycles. The topological polar surface area (TPSA) is 0 Å². The van der Waals surface area contributed by atoms with Gasteiger partial charge in [-0.15, -0.1) is 0 Å². The van der Waals surface area contributed by atoms with Crippen molar-refractivity contribution in [3.8, 4) is 0 Å². The molecule has 1 atom stereocenters. The number of rotatable bonds is 4. The fourth-order valence-electron chi connectivity index (χ4n) is 3.01. The Morgan fingerprint density at radius 3 is 2.17 bits per heavy atom. The van der Waals surface area contributed by atoms with Crippen LogP contribution in [0.15, 0.2) is 72.3 Å². The summed E-state index contributed by atoms with van der Waals surface area (Å²) in [5.41, 5.74) is 5.81. The molecule has 23 heavy (non-hydrogen) atoms. The van der Waals surface area contributed by atoms with Crippen LogP contribution in [0, 0.1) is 5.92 Å². The van der Waals surface area contributed by atoms with Crippen LogP contribution in [0.4, 0.5) is 0 Å². The van der Waals surface area contributed by atoms with E-state index in [1.54, 1.807) is 0 Å². The smallest absolute Gasteiger partial charge is 0.00899 e. The van der Waals surface area contributed by atoms with Crippen molar-refractivity contribution in [2.24, 2.45) is 5.92 Å². The van der Waals surface area contributed by atoms with E-state index in [0.29, 0.717) is 5.92 Å². The van der Waals surface area contributed by atoms with E-state index in [2.05, 4.69) is 93.6 Å². The Kier molecular flexibility index (Phi) is 4.52. The average Bonchev–Trinajstić information content (AvgIpc) is 2.52. The van der Waals surface area contributed by atoms with Crippen LogP contribution in [0.5, 0.6) is 0 Å². The summed E-state index contributed by atoms with van der Waals surface area (Å²) in [5, 5.41) is 0. The molecule has 118 valence electrons. The van der Waals surface area contributed by atoms with Gasteiger partial charge < -0.3 is 0 Å². The second kappa shape index (κ2) is 6.58. The van der Waals surface area contributed by atoms with Gasteiger partial charge in [0.2, 0.25) is 0 Å². The Hall–Kier alpha value is -2.08. The molecule has 3 rings (SSSR count). The molecule has 2 aromatic rings. The molecule has 1 unspecified atom stereocenters. The Bertz CT molecular complexity index is 694. The maximum atomic E-state index is 2.35. The molecule has 0 heteroatoms. The predicted molar refractivity (Wildman–Crippen MR) is 101 cm³/mol. The fraction of sp³-hybridized carbons (Fsp3) is 0.304. The highest BCUT2D eigenvalue weighted by atomic mass is 14.2. The van der Waals surface area contributed by atoms with Gasteiger partial charge in [-0.3, -0.25) is 0 Å². The van der Waals surface area contributed by atoms with Crippen molar-refractivity contribution in [3.05, 3.63) is 89.0 Å². The highest BCUT2D eigenvalue weighted by molar-refractivity contribution is 5.55. The summed E-state index contributed by atoms with van der Waals surface area (Å²) in [4.78, 5) is 0. The first kappa shape index (κ1) is 15.8. The summed E-state index contributed by atoms with van der Waals surface area (Å²) in [6.07, 6.45) is 9.25. The molecule has 0 N–H and O–H groups in total. The third-order valence-electron chi connectivity index (χ3n) is 4.68. The molecule has 0 fully saturated rings. The quantitative estimate of drug-likeness (QED) is 0.632. The second-order valence-electron chi connectivity index (χ2n) is 7.53. The van der Waals surface area contributed by atoms with Gasteiger partial charge in [0.25, 0.3) is 0 Å². The standard InChI is InChI=1S/C23H26/c1-23(2,3)22-15-10-18(11-16-22)9-12-20-13-14-21(20)17-19-7-5-4-6-8-19/h4-13,15-16,21H,14,17H2,1-3H3. The van der Waals surface area contributed by atoms with Gasteiger partial charge in [-0.05, 0) is 46.4 Å². The Labute approximate surface area is 140 Å². The number of hydrogen-bond donors (Lipinski definition) is 0. The van der Waals surface area contributed by atoms with Crippen molar-refractivity contribution in [2.45, 2.75) is 39.0 Å². The Morgan fingerprint density at radius 1 is 0.913 bits per heavy atom. The molecule has 0 heterocycles. The molecule has 2 aromatic carbocycles. The molecule has 0 nitrogen and oxygen atoms in total. The first-order valence-electron chi connectivity index (χ1n) is 8.55. The first-order valence-corrected chi connectivity index (χ1v) is 8.55. The molecule has 1 aliphatic rings. The largest absolute Gasteiger partial charge is 0.0804 e. The van der Waals surface area contributed by atoms with Gasteiger partial charge in [-0.1, -0.05) is 93.6 Å². The van der Waals surface area contributed by atoms with E-state index in [9.17, 15) is 0 Å². The fourth-order valence-corrected chi connectivity index (χ4v) is 3.01. The third-order valence-corrected chi connectivity index (χ3v) is 4.68. The summed E-state index contributed by atoms with van der Waals surface area (Å²) in [6.45, 7) is 6.77. The summed E-state index contributed by atoms with van der Waals surface area (Å²) < 4.78 is 0. The predicted octanol–water partition coefficient (Wildman–Crippen LogP) is 6.19. The average molecular weight is 302 g/mol. The summed E-state index contributed by atoms with van der Waals surface area (Å²) in [5.74, 6) is 0.683. The Morgan fingerprint density at radius 2 is 1.61 bits per heavy atom. The molecule has 1 aliphatic carbocycles. The molecule has 0 spiro atoms. The van der Waals surface area contributed by atoms with E-state index in [1.807, 2.05) is 0 Å². The summed E-state index contributed by atoms with van der Waals surface area (Å²) >= 11 is 0. The summed E-state index contributed by atoms with van der Waals surface area (Å²) in [6, 6.07) is 19.7. The lowest BCUT2D eigenvalue weighted by Gasteiger charge is -2.25. The minimum absolute atomic E-state index is 0.222. The maximum Gasteiger partial charge on any atom is -0.00899 e. The van der Waals surface area contributed by atoms with Gasteiger partial charge >= 0.3 is 0 Å². The zero-order valence-electron chi connectivity index (χ0n) is 14.4. The number of hydrogen-bond acceptors (Lipinski definition) is 0. The lowest BCUT2D eigenvalue weighted by atomic mass is 9.80. The number of benzene rings is 2. The van der Waals surface area contributed by atoms with Crippen LogP contribution in [0.25, 0.3) is 6.08 Å². The van der Waals surface area contributed by atoms with E-state index < -0.39 is 0 Å². The van der Waals surface area contributed by atoms with Crippen LogP contribution in [0.1, 0.15) is 43.9 Å². The molecule has 0 saturated carbocycles. The monoisotopic (exact) mass is 302 g/mol. The van der Waals surface area contributed by atoms with Crippen molar-refractivity contribution >= 4 is 6.08 Å². The highest BCUT2D eigenvalue weighted by Crippen LogP contribution is 2.32. The van der Waals surface area contributed by atoms with Gasteiger partial charge in [0.05, 0.1) is 0 Å². The third kappa shape index (κ3) is 4.01. The van der Waals surface area contributed by atoms with Gasteiger partial charge in [0.1, 0.15) is 0 Å². The highest BCUT2D eigenvalue weighted by Gasteiger charge is 2.19. The SMILES string of the molecule is CC(C)(C)c1ccc(C=CC2=CCC2Cc2ccccc2)cc1. The molecule has 0 aliphatic heterocycles. The van der Waals surface area contributed by atoms with Gasteiger partial charge in [-0.25, -0.2) is 0 Å². The van der Waals surface area contributed by atoms with Gasteiger partial charge in [0, 0.05) is 0 Å². The molecule has 0 amide bonds. The van der Waals surface area contributed by atoms with E-state index >= 15 is 0 Å². The van der Waals surface area contributed by atoms with Crippen LogP contribution < -0.4 is 0 Å². The van der Waals surface area contributed by atoms with Crippen LogP contribution in [-0.2, 0) is 11.8 Å². The normalized spacial score (nSPS) is 17.9. The van der Waals surface area contributed by atoms with Crippen LogP contribution in [0.3, 0.4) is 0 Å². The Balaban J connectivity index is 1.62. The molecule has 0 radical (unpaired) electrons. The van der Waals surface area contributed by atoms with Gasteiger partial charge in [-0.2, -0.15) is 0 Å². The summed E-state index contributed by atoms with van der Waals surface area (Å²) in [7, 11) is 0. The van der Waals surface area contributed by atoms with Crippen molar-refractivity contribution in [1.82, 2.24) is 0 Å². The van der Waals surface area contributed by atoms with Crippen molar-refractivity contribution in [2.75, 3.05) is 0 Å². The van der Waals surface area contributed by atoms with E-state index in [4.69, 9.17) is 0 Å². The first-order chi connectivity index (χ1) is 11.0. The lowest BCUT2D eigenvalue weighted by molar-refractivity contribution is 0.576. The molecular weight excluding hydrogens is 276 g/mol.